The fourth-order valence-electron chi connectivity index (χ4n) is 1.48. The lowest BCUT2D eigenvalue weighted by Gasteiger charge is -2.05. The van der Waals surface area contributed by atoms with E-state index in [9.17, 15) is 0 Å². The number of anilines is 1. The summed E-state index contributed by atoms with van der Waals surface area (Å²) < 4.78 is 5.01. The summed E-state index contributed by atoms with van der Waals surface area (Å²) in [6.45, 7) is 0.804. The summed E-state index contributed by atoms with van der Waals surface area (Å²) in [4.78, 5) is 0. The van der Waals surface area contributed by atoms with Crippen LogP contribution >= 0.6 is 11.8 Å². The van der Waals surface area contributed by atoms with Crippen molar-refractivity contribution < 1.29 is 4.42 Å². The van der Waals surface area contributed by atoms with E-state index in [0.717, 1.165) is 23.5 Å². The Bertz CT molecular complexity index is 408. The summed E-state index contributed by atoms with van der Waals surface area (Å²) in [6, 6.07) is 10.5. The minimum absolute atomic E-state index is 0.804. The molecule has 0 saturated carbocycles. The van der Waals surface area contributed by atoms with Crippen molar-refractivity contribution >= 4 is 17.4 Å². The highest BCUT2D eigenvalue weighted by atomic mass is 32.2. The zero-order valence-electron chi connectivity index (χ0n) is 9.27. The van der Waals surface area contributed by atoms with Crippen LogP contribution in [0.3, 0.4) is 0 Å². The molecule has 0 amide bonds. The molecule has 84 valence electrons. The molecule has 0 saturated heterocycles. The Labute approximate surface area is 100 Å². The van der Waals surface area contributed by atoms with Gasteiger partial charge in [0.1, 0.15) is 0 Å². The highest BCUT2D eigenvalue weighted by Crippen LogP contribution is 2.14. The fourth-order valence-corrected chi connectivity index (χ4v) is 2.01. The first-order valence-corrected chi connectivity index (χ1v) is 6.60. The van der Waals surface area contributed by atoms with Gasteiger partial charge in [0.05, 0.1) is 12.5 Å². The molecule has 1 N–H and O–H groups in total. The van der Waals surface area contributed by atoms with Gasteiger partial charge in [-0.05, 0) is 30.0 Å². The van der Waals surface area contributed by atoms with Crippen LogP contribution in [0.5, 0.6) is 0 Å². The zero-order chi connectivity index (χ0) is 11.2. The van der Waals surface area contributed by atoms with Crippen molar-refractivity contribution in [3.63, 3.8) is 0 Å². The molecule has 2 nitrogen and oxygen atoms in total. The van der Waals surface area contributed by atoms with Gasteiger partial charge in [-0.3, -0.25) is 0 Å². The van der Waals surface area contributed by atoms with E-state index in [4.69, 9.17) is 4.42 Å². The van der Waals surface area contributed by atoms with E-state index in [1.807, 2.05) is 17.8 Å². The van der Waals surface area contributed by atoms with Gasteiger partial charge in [-0.15, -0.1) is 0 Å². The zero-order valence-corrected chi connectivity index (χ0v) is 10.1. The van der Waals surface area contributed by atoms with E-state index in [2.05, 4.69) is 35.8 Å². The van der Waals surface area contributed by atoms with Crippen molar-refractivity contribution in [2.45, 2.75) is 12.3 Å². The Morgan fingerprint density at radius 1 is 1.12 bits per heavy atom. The maximum atomic E-state index is 5.01. The summed E-state index contributed by atoms with van der Waals surface area (Å²) in [5, 5.41) is 3.35. The average Bonchev–Trinajstić information content (AvgIpc) is 2.82. The molecule has 0 aliphatic heterocycles. The molecule has 16 heavy (non-hydrogen) atoms. The number of nitrogens with one attached hydrogen (secondary N) is 1. The minimum atomic E-state index is 0.804. The second-order valence-electron chi connectivity index (χ2n) is 3.62. The molecule has 0 fully saturated rings. The van der Waals surface area contributed by atoms with Crippen LogP contribution in [-0.2, 0) is 12.3 Å². The second-order valence-corrected chi connectivity index (χ2v) is 4.48. The standard InChI is InChI=1S/C13H15NOS/c1-16-10-11-2-4-13(5-3-11)14-8-12-6-7-15-9-12/h2-7,9,14H,8,10H2,1H3. The van der Waals surface area contributed by atoms with Crippen LogP contribution in [0.15, 0.2) is 47.3 Å². The summed E-state index contributed by atoms with van der Waals surface area (Å²) >= 11 is 1.84. The highest BCUT2D eigenvalue weighted by molar-refractivity contribution is 7.97. The van der Waals surface area contributed by atoms with Gasteiger partial charge in [-0.25, -0.2) is 0 Å². The van der Waals surface area contributed by atoms with E-state index >= 15 is 0 Å². The number of benzene rings is 1. The molecule has 2 rings (SSSR count). The predicted octanol–water partition coefficient (Wildman–Crippen LogP) is 3.75. The smallest absolute Gasteiger partial charge is 0.0952 e. The van der Waals surface area contributed by atoms with Crippen LogP contribution in [0.2, 0.25) is 0 Å². The Morgan fingerprint density at radius 2 is 1.94 bits per heavy atom. The first-order chi connectivity index (χ1) is 7.88. The molecular formula is C13H15NOS. The highest BCUT2D eigenvalue weighted by Gasteiger charge is 1.96. The van der Waals surface area contributed by atoms with Crippen LogP contribution in [0.4, 0.5) is 5.69 Å². The first kappa shape index (κ1) is 11.1. The minimum Gasteiger partial charge on any atom is -0.472 e. The first-order valence-electron chi connectivity index (χ1n) is 5.21. The monoisotopic (exact) mass is 233 g/mol. The molecule has 0 aliphatic rings. The Hall–Kier alpha value is -1.35. The lowest BCUT2D eigenvalue weighted by atomic mass is 10.2. The third-order valence-corrected chi connectivity index (χ3v) is 2.96. The van der Waals surface area contributed by atoms with E-state index in [-0.39, 0.29) is 0 Å². The lowest BCUT2D eigenvalue weighted by molar-refractivity contribution is 0.564. The van der Waals surface area contributed by atoms with Gasteiger partial charge in [0.2, 0.25) is 0 Å². The molecule has 0 atom stereocenters. The summed E-state index contributed by atoms with van der Waals surface area (Å²) in [7, 11) is 0. The van der Waals surface area contributed by atoms with Crippen LogP contribution in [-0.4, -0.2) is 6.26 Å². The van der Waals surface area contributed by atoms with Gasteiger partial charge in [-0.1, -0.05) is 12.1 Å². The maximum absolute atomic E-state index is 5.01. The Kier molecular flexibility index (Phi) is 3.94. The van der Waals surface area contributed by atoms with E-state index in [0.29, 0.717) is 0 Å². The molecule has 3 heteroatoms. The molecule has 0 radical (unpaired) electrons. The molecule has 0 aliphatic carbocycles. The van der Waals surface area contributed by atoms with Crippen molar-refractivity contribution in [3.8, 4) is 0 Å². The molecule has 0 unspecified atom stereocenters. The molecule has 0 spiro atoms. The lowest BCUT2D eigenvalue weighted by Crippen LogP contribution is -1.97. The summed E-state index contributed by atoms with van der Waals surface area (Å²) in [6.07, 6.45) is 5.57. The van der Waals surface area contributed by atoms with Crippen molar-refractivity contribution in [1.29, 1.82) is 0 Å². The SMILES string of the molecule is CSCc1ccc(NCc2ccoc2)cc1. The van der Waals surface area contributed by atoms with E-state index < -0.39 is 0 Å². The van der Waals surface area contributed by atoms with Gasteiger partial charge in [0.15, 0.2) is 0 Å². The van der Waals surface area contributed by atoms with Crippen LogP contribution in [0, 0.1) is 0 Å². The molecular weight excluding hydrogens is 218 g/mol. The number of hydrogen-bond donors (Lipinski definition) is 1. The largest absolute Gasteiger partial charge is 0.472 e. The van der Waals surface area contributed by atoms with E-state index in [1.165, 1.54) is 5.56 Å². The Balaban J connectivity index is 1.90. The fraction of sp³-hybridized carbons (Fsp3) is 0.231. The molecule has 2 aromatic rings. The van der Waals surface area contributed by atoms with Gasteiger partial charge >= 0.3 is 0 Å². The van der Waals surface area contributed by atoms with Crippen molar-refractivity contribution in [2.24, 2.45) is 0 Å². The van der Waals surface area contributed by atoms with Crippen molar-refractivity contribution in [2.75, 3.05) is 11.6 Å². The average molecular weight is 233 g/mol. The van der Waals surface area contributed by atoms with Crippen molar-refractivity contribution in [3.05, 3.63) is 54.0 Å². The van der Waals surface area contributed by atoms with E-state index in [1.54, 1.807) is 12.5 Å². The van der Waals surface area contributed by atoms with Crippen molar-refractivity contribution in [1.82, 2.24) is 0 Å². The molecule has 1 aromatic carbocycles. The number of thioether (sulfide) groups is 1. The third-order valence-electron chi connectivity index (χ3n) is 2.34. The summed E-state index contributed by atoms with van der Waals surface area (Å²) in [5.41, 5.74) is 3.67. The number of hydrogen-bond acceptors (Lipinski definition) is 3. The normalized spacial score (nSPS) is 10.3. The van der Waals surface area contributed by atoms with Crippen LogP contribution in [0.25, 0.3) is 0 Å². The Morgan fingerprint density at radius 3 is 2.56 bits per heavy atom. The van der Waals surface area contributed by atoms with Gasteiger partial charge in [-0.2, -0.15) is 11.8 Å². The molecule has 0 bridgehead atoms. The third kappa shape index (κ3) is 3.07. The summed E-state index contributed by atoms with van der Waals surface area (Å²) in [5.74, 6) is 1.07. The van der Waals surface area contributed by atoms with Gasteiger partial charge in [0, 0.05) is 23.5 Å². The number of rotatable bonds is 5. The topological polar surface area (TPSA) is 25.2 Å². The van der Waals surface area contributed by atoms with Crippen LogP contribution < -0.4 is 5.32 Å². The van der Waals surface area contributed by atoms with Gasteiger partial charge < -0.3 is 9.73 Å². The number of furan rings is 1. The van der Waals surface area contributed by atoms with Gasteiger partial charge in [0.25, 0.3) is 0 Å². The second kappa shape index (κ2) is 5.66. The maximum Gasteiger partial charge on any atom is 0.0952 e. The molecule has 1 heterocycles. The quantitative estimate of drug-likeness (QED) is 0.851. The predicted molar refractivity (Wildman–Crippen MR) is 69.7 cm³/mol. The molecule has 1 aromatic heterocycles. The van der Waals surface area contributed by atoms with Crippen LogP contribution in [0.1, 0.15) is 11.1 Å².